The minimum absolute atomic E-state index is 0.128. The van der Waals surface area contributed by atoms with Gasteiger partial charge in [0.2, 0.25) is 0 Å². The lowest BCUT2D eigenvalue weighted by Gasteiger charge is -2.17. The zero-order chi connectivity index (χ0) is 10.9. The third kappa shape index (κ3) is 2.51. The highest BCUT2D eigenvalue weighted by atomic mass is 35.5. The van der Waals surface area contributed by atoms with E-state index in [0.717, 1.165) is 5.69 Å². The van der Waals surface area contributed by atoms with Crippen LogP contribution in [0.4, 0.5) is 0 Å². The molecule has 0 aliphatic heterocycles. The quantitative estimate of drug-likeness (QED) is 0.531. The molecule has 0 unspecified atom stereocenters. The molecule has 0 bridgehead atoms. The van der Waals surface area contributed by atoms with Crippen LogP contribution in [0.5, 0.6) is 0 Å². The summed E-state index contributed by atoms with van der Waals surface area (Å²) in [4.78, 5) is 19.1. The highest BCUT2D eigenvalue weighted by Gasteiger charge is 2.18. The van der Waals surface area contributed by atoms with E-state index in [1.165, 1.54) is 6.92 Å². The maximum Gasteiger partial charge on any atom is 0.197 e. The van der Waals surface area contributed by atoms with E-state index >= 15 is 0 Å². The first-order chi connectivity index (χ1) is 6.30. The van der Waals surface area contributed by atoms with Crippen LogP contribution in [0.15, 0.2) is 6.07 Å². The zero-order valence-corrected chi connectivity index (χ0v) is 9.51. The monoisotopic (exact) mass is 212 g/mol. The summed E-state index contributed by atoms with van der Waals surface area (Å²) < 4.78 is 0. The van der Waals surface area contributed by atoms with Gasteiger partial charge in [0.25, 0.3) is 0 Å². The van der Waals surface area contributed by atoms with Crippen LogP contribution in [0, 0.1) is 0 Å². The van der Waals surface area contributed by atoms with Crippen molar-refractivity contribution in [3.05, 3.63) is 22.7 Å². The van der Waals surface area contributed by atoms with Gasteiger partial charge in [0.15, 0.2) is 11.6 Å². The second-order valence-corrected chi connectivity index (χ2v) is 4.59. The zero-order valence-electron chi connectivity index (χ0n) is 8.76. The fraction of sp³-hybridized carbons (Fsp3) is 0.500. The summed E-state index contributed by atoms with van der Waals surface area (Å²) in [5, 5.41) is 0.315. The van der Waals surface area contributed by atoms with Crippen molar-refractivity contribution < 1.29 is 4.79 Å². The van der Waals surface area contributed by atoms with E-state index in [2.05, 4.69) is 9.97 Å². The van der Waals surface area contributed by atoms with Gasteiger partial charge in [-0.15, -0.1) is 0 Å². The number of Topliss-reactive ketones (excluding diaryl/α,β-unsaturated/α-hetero) is 1. The summed E-state index contributed by atoms with van der Waals surface area (Å²) in [7, 11) is 0. The van der Waals surface area contributed by atoms with Gasteiger partial charge in [0.1, 0.15) is 5.15 Å². The standard InChI is InChI=1S/C10H13ClN2O/c1-6(14)9-12-7(10(2,3)4)5-8(11)13-9/h5H,1-4H3. The van der Waals surface area contributed by atoms with Gasteiger partial charge in [-0.1, -0.05) is 32.4 Å². The van der Waals surface area contributed by atoms with Gasteiger partial charge in [-0.2, -0.15) is 0 Å². The van der Waals surface area contributed by atoms with Crippen LogP contribution in [0.25, 0.3) is 0 Å². The Balaban J connectivity index is 3.28. The van der Waals surface area contributed by atoms with Crippen molar-refractivity contribution in [2.75, 3.05) is 0 Å². The Labute approximate surface area is 88.5 Å². The van der Waals surface area contributed by atoms with Crippen LogP contribution in [0.3, 0.4) is 0 Å². The van der Waals surface area contributed by atoms with E-state index in [1.807, 2.05) is 20.8 Å². The molecular weight excluding hydrogens is 200 g/mol. The second kappa shape index (κ2) is 3.65. The molecule has 0 aliphatic rings. The third-order valence-corrected chi connectivity index (χ3v) is 1.97. The van der Waals surface area contributed by atoms with Gasteiger partial charge in [-0.3, -0.25) is 4.79 Å². The summed E-state index contributed by atoms with van der Waals surface area (Å²) in [5.74, 6) is 0.0143. The first-order valence-corrected chi connectivity index (χ1v) is 4.74. The molecule has 0 N–H and O–H groups in total. The van der Waals surface area contributed by atoms with Gasteiger partial charge in [0.05, 0.1) is 5.69 Å². The Morgan fingerprint density at radius 3 is 2.36 bits per heavy atom. The Kier molecular flexibility index (Phi) is 2.90. The van der Waals surface area contributed by atoms with Crippen molar-refractivity contribution in [2.24, 2.45) is 0 Å². The molecule has 14 heavy (non-hydrogen) atoms. The van der Waals surface area contributed by atoms with Gasteiger partial charge in [0, 0.05) is 12.3 Å². The minimum atomic E-state index is -0.169. The Morgan fingerprint density at radius 1 is 1.36 bits per heavy atom. The van der Waals surface area contributed by atoms with E-state index in [0.29, 0.717) is 5.15 Å². The van der Waals surface area contributed by atoms with Crippen LogP contribution < -0.4 is 0 Å². The van der Waals surface area contributed by atoms with E-state index in [4.69, 9.17) is 11.6 Å². The first kappa shape index (κ1) is 11.1. The predicted octanol–water partition coefficient (Wildman–Crippen LogP) is 2.63. The number of aromatic nitrogens is 2. The Bertz CT molecular complexity index is 369. The SMILES string of the molecule is CC(=O)c1nc(Cl)cc(C(C)(C)C)n1. The van der Waals surface area contributed by atoms with Crippen molar-refractivity contribution in [1.82, 2.24) is 9.97 Å². The average Bonchev–Trinajstić information content (AvgIpc) is 2.01. The molecule has 0 radical (unpaired) electrons. The highest BCUT2D eigenvalue weighted by molar-refractivity contribution is 6.29. The van der Waals surface area contributed by atoms with Gasteiger partial charge in [-0.05, 0) is 6.07 Å². The Hall–Kier alpha value is -0.960. The second-order valence-electron chi connectivity index (χ2n) is 4.21. The van der Waals surface area contributed by atoms with Gasteiger partial charge >= 0.3 is 0 Å². The predicted molar refractivity (Wildman–Crippen MR) is 55.7 cm³/mol. The van der Waals surface area contributed by atoms with Crippen molar-refractivity contribution >= 4 is 17.4 Å². The maximum absolute atomic E-state index is 11.1. The van der Waals surface area contributed by atoms with Gasteiger partial charge < -0.3 is 0 Å². The molecular formula is C10H13ClN2O. The summed E-state index contributed by atoms with van der Waals surface area (Å²) in [6.07, 6.45) is 0. The highest BCUT2D eigenvalue weighted by Crippen LogP contribution is 2.22. The van der Waals surface area contributed by atoms with Crippen LogP contribution in [0.2, 0.25) is 5.15 Å². The first-order valence-electron chi connectivity index (χ1n) is 4.36. The molecule has 4 heteroatoms. The molecule has 0 saturated heterocycles. The molecule has 1 aromatic heterocycles. The summed E-state index contributed by atoms with van der Waals surface area (Å²) in [6.45, 7) is 7.46. The molecule has 1 aromatic rings. The van der Waals surface area contributed by atoms with Crippen LogP contribution in [-0.4, -0.2) is 15.8 Å². The summed E-state index contributed by atoms with van der Waals surface area (Å²) in [6, 6.07) is 1.69. The van der Waals surface area contributed by atoms with Crippen molar-refractivity contribution in [1.29, 1.82) is 0 Å². The minimum Gasteiger partial charge on any atom is -0.291 e. The number of halogens is 1. The normalized spacial score (nSPS) is 11.5. The lowest BCUT2D eigenvalue weighted by Crippen LogP contribution is -2.16. The number of carbonyl (C=O) groups excluding carboxylic acids is 1. The molecule has 3 nitrogen and oxygen atoms in total. The average molecular weight is 213 g/mol. The summed E-state index contributed by atoms with van der Waals surface area (Å²) in [5.41, 5.74) is 0.652. The molecule has 0 atom stereocenters. The van der Waals surface area contributed by atoms with E-state index in [9.17, 15) is 4.79 Å². The van der Waals surface area contributed by atoms with Crippen molar-refractivity contribution in [2.45, 2.75) is 33.1 Å². The largest absolute Gasteiger partial charge is 0.291 e. The fourth-order valence-corrected chi connectivity index (χ4v) is 1.14. The van der Waals surface area contributed by atoms with E-state index < -0.39 is 0 Å². The lowest BCUT2D eigenvalue weighted by molar-refractivity contribution is 0.100. The lowest BCUT2D eigenvalue weighted by atomic mass is 9.92. The molecule has 0 saturated carbocycles. The molecule has 0 amide bonds. The third-order valence-electron chi connectivity index (χ3n) is 1.78. The van der Waals surface area contributed by atoms with Gasteiger partial charge in [-0.25, -0.2) is 9.97 Å². The van der Waals surface area contributed by atoms with Crippen LogP contribution in [-0.2, 0) is 5.41 Å². The van der Waals surface area contributed by atoms with E-state index in [-0.39, 0.29) is 17.0 Å². The Morgan fingerprint density at radius 2 is 1.93 bits per heavy atom. The number of rotatable bonds is 1. The fourth-order valence-electron chi connectivity index (χ4n) is 0.959. The van der Waals surface area contributed by atoms with E-state index in [1.54, 1.807) is 6.07 Å². The topological polar surface area (TPSA) is 42.9 Å². The molecule has 0 fully saturated rings. The molecule has 76 valence electrons. The number of ketones is 1. The number of hydrogen-bond donors (Lipinski definition) is 0. The molecule has 1 rings (SSSR count). The maximum atomic E-state index is 11.1. The van der Waals surface area contributed by atoms with Crippen LogP contribution in [0.1, 0.15) is 44.0 Å². The van der Waals surface area contributed by atoms with Crippen molar-refractivity contribution in [3.8, 4) is 0 Å². The molecule has 0 spiro atoms. The molecule has 1 heterocycles. The van der Waals surface area contributed by atoms with Crippen molar-refractivity contribution in [3.63, 3.8) is 0 Å². The van der Waals surface area contributed by atoms with Crippen LogP contribution >= 0.6 is 11.6 Å². The molecule has 0 aliphatic carbocycles. The number of nitrogens with zero attached hydrogens (tertiary/aromatic N) is 2. The number of hydrogen-bond acceptors (Lipinski definition) is 3. The number of carbonyl (C=O) groups is 1. The molecule has 0 aromatic carbocycles. The summed E-state index contributed by atoms with van der Waals surface area (Å²) >= 11 is 5.80. The smallest absolute Gasteiger partial charge is 0.197 e.